The van der Waals surface area contributed by atoms with Crippen LogP contribution in [0.5, 0.6) is 5.75 Å². The summed E-state index contributed by atoms with van der Waals surface area (Å²) in [7, 11) is 1.29. The number of methoxy groups -OCH3 is 1. The number of nitrogens with one attached hydrogen (secondary N) is 2. The molecule has 2 aromatic rings. The fourth-order valence-corrected chi connectivity index (χ4v) is 2.11. The fraction of sp³-hybridized carbons (Fsp3) is 0.211. The molecular formula is C19H19N3O4. The standard InChI is InChI=1S/C19H19N3O4/c1-13(26-17-6-4-3-5-15(17)11-20)18(23)21-12-14-7-9-16(10-8-14)22-19(24)25-2/h3-10,13H,12H2,1-2H3,(H,21,23)(H,22,24)/t13-/m0/s1. The van der Waals surface area contributed by atoms with Crippen molar-refractivity contribution in [2.75, 3.05) is 12.4 Å². The van der Waals surface area contributed by atoms with Crippen molar-refractivity contribution in [2.45, 2.75) is 19.6 Å². The van der Waals surface area contributed by atoms with Crippen molar-refractivity contribution in [3.63, 3.8) is 0 Å². The van der Waals surface area contributed by atoms with Gasteiger partial charge in [-0.2, -0.15) is 5.26 Å². The second-order valence-electron chi connectivity index (χ2n) is 5.40. The maximum atomic E-state index is 12.2. The van der Waals surface area contributed by atoms with Crippen LogP contribution in [-0.4, -0.2) is 25.2 Å². The Morgan fingerprint density at radius 1 is 1.15 bits per heavy atom. The van der Waals surface area contributed by atoms with Crippen LogP contribution in [0.15, 0.2) is 48.5 Å². The Hall–Kier alpha value is -3.53. The van der Waals surface area contributed by atoms with E-state index < -0.39 is 12.2 Å². The highest BCUT2D eigenvalue weighted by Gasteiger charge is 2.16. The first kappa shape index (κ1) is 18.8. The van der Waals surface area contributed by atoms with E-state index in [1.54, 1.807) is 55.5 Å². The highest BCUT2D eigenvalue weighted by molar-refractivity contribution is 5.84. The molecule has 0 fully saturated rings. The Morgan fingerprint density at radius 2 is 1.85 bits per heavy atom. The van der Waals surface area contributed by atoms with Crippen molar-refractivity contribution in [1.29, 1.82) is 5.26 Å². The molecule has 134 valence electrons. The van der Waals surface area contributed by atoms with E-state index in [1.165, 1.54) is 7.11 Å². The SMILES string of the molecule is COC(=O)Nc1ccc(CNC(=O)[C@H](C)Oc2ccccc2C#N)cc1. The highest BCUT2D eigenvalue weighted by atomic mass is 16.5. The average Bonchev–Trinajstić information content (AvgIpc) is 2.67. The van der Waals surface area contributed by atoms with Gasteiger partial charge in [0.2, 0.25) is 0 Å². The third-order valence-electron chi connectivity index (χ3n) is 3.53. The van der Waals surface area contributed by atoms with Gasteiger partial charge in [0.1, 0.15) is 11.8 Å². The molecule has 0 bridgehead atoms. The zero-order valence-electron chi connectivity index (χ0n) is 14.5. The van der Waals surface area contributed by atoms with Gasteiger partial charge in [-0.3, -0.25) is 10.1 Å². The molecule has 2 rings (SSSR count). The van der Waals surface area contributed by atoms with Crippen LogP contribution in [0.4, 0.5) is 10.5 Å². The topological polar surface area (TPSA) is 100 Å². The molecule has 0 aliphatic heterocycles. The first-order valence-corrected chi connectivity index (χ1v) is 7.91. The molecule has 7 heteroatoms. The molecule has 0 radical (unpaired) electrons. The minimum atomic E-state index is -0.746. The molecule has 0 aliphatic rings. The largest absolute Gasteiger partial charge is 0.480 e. The molecular weight excluding hydrogens is 334 g/mol. The summed E-state index contributed by atoms with van der Waals surface area (Å²) in [6, 6.07) is 15.8. The van der Waals surface area contributed by atoms with Gasteiger partial charge < -0.3 is 14.8 Å². The second kappa shape index (κ2) is 9.08. The average molecular weight is 353 g/mol. The number of rotatable bonds is 6. The first-order valence-electron chi connectivity index (χ1n) is 7.91. The smallest absolute Gasteiger partial charge is 0.411 e. The molecule has 2 N–H and O–H groups in total. The van der Waals surface area contributed by atoms with Gasteiger partial charge in [0.05, 0.1) is 12.7 Å². The Labute approximate surface area is 151 Å². The molecule has 26 heavy (non-hydrogen) atoms. The number of benzene rings is 2. The van der Waals surface area contributed by atoms with Crippen molar-refractivity contribution in [3.8, 4) is 11.8 Å². The lowest BCUT2D eigenvalue weighted by Gasteiger charge is -2.15. The number of nitrogens with zero attached hydrogens (tertiary/aromatic N) is 1. The van der Waals surface area contributed by atoms with E-state index in [4.69, 9.17) is 10.00 Å². The van der Waals surface area contributed by atoms with Crippen LogP contribution in [0.2, 0.25) is 0 Å². The molecule has 0 spiro atoms. The van der Waals surface area contributed by atoms with Gasteiger partial charge in [-0.15, -0.1) is 0 Å². The maximum Gasteiger partial charge on any atom is 0.411 e. The number of para-hydroxylation sites is 1. The Kier molecular flexibility index (Phi) is 6.57. The minimum Gasteiger partial charge on any atom is -0.480 e. The molecule has 0 saturated heterocycles. The number of ether oxygens (including phenoxy) is 2. The van der Waals surface area contributed by atoms with E-state index in [-0.39, 0.29) is 5.91 Å². The van der Waals surface area contributed by atoms with Gasteiger partial charge in [0.15, 0.2) is 6.10 Å². The zero-order chi connectivity index (χ0) is 18.9. The van der Waals surface area contributed by atoms with Crippen LogP contribution in [0, 0.1) is 11.3 Å². The second-order valence-corrected chi connectivity index (χ2v) is 5.40. The molecule has 0 heterocycles. The summed E-state index contributed by atoms with van der Waals surface area (Å²) in [4.78, 5) is 23.3. The third-order valence-corrected chi connectivity index (χ3v) is 3.53. The summed E-state index contributed by atoms with van der Waals surface area (Å²) in [5.74, 6) is 0.0744. The molecule has 2 aromatic carbocycles. The van der Waals surface area contributed by atoms with Crippen molar-refractivity contribution in [2.24, 2.45) is 0 Å². The predicted molar refractivity (Wildman–Crippen MR) is 95.6 cm³/mol. The minimum absolute atomic E-state index is 0.297. The highest BCUT2D eigenvalue weighted by Crippen LogP contribution is 2.18. The van der Waals surface area contributed by atoms with Gasteiger partial charge in [0, 0.05) is 12.2 Å². The summed E-state index contributed by atoms with van der Waals surface area (Å²) >= 11 is 0. The molecule has 7 nitrogen and oxygen atoms in total. The molecule has 1 atom stereocenters. The summed E-state index contributed by atoms with van der Waals surface area (Å²) in [5.41, 5.74) is 1.83. The predicted octanol–water partition coefficient (Wildman–Crippen LogP) is 2.82. The Balaban J connectivity index is 1.87. The maximum absolute atomic E-state index is 12.2. The number of hydrogen-bond donors (Lipinski definition) is 2. The lowest BCUT2D eigenvalue weighted by molar-refractivity contribution is -0.127. The van der Waals surface area contributed by atoms with E-state index in [0.717, 1.165) is 5.56 Å². The lowest BCUT2D eigenvalue weighted by atomic mass is 10.2. The van der Waals surface area contributed by atoms with E-state index >= 15 is 0 Å². The van der Waals surface area contributed by atoms with Gasteiger partial charge in [0.25, 0.3) is 5.91 Å². The molecule has 0 saturated carbocycles. The van der Waals surface area contributed by atoms with Crippen LogP contribution < -0.4 is 15.4 Å². The van der Waals surface area contributed by atoms with Crippen molar-refractivity contribution in [3.05, 3.63) is 59.7 Å². The summed E-state index contributed by atoms with van der Waals surface area (Å²) < 4.78 is 10.1. The zero-order valence-corrected chi connectivity index (χ0v) is 14.5. The number of anilines is 1. The number of amides is 2. The third kappa shape index (κ3) is 5.24. The number of carbonyl (C=O) groups is 2. The number of hydrogen-bond acceptors (Lipinski definition) is 5. The van der Waals surface area contributed by atoms with Gasteiger partial charge in [-0.05, 0) is 36.8 Å². The van der Waals surface area contributed by atoms with E-state index in [0.29, 0.717) is 23.5 Å². The molecule has 0 unspecified atom stereocenters. The fourth-order valence-electron chi connectivity index (χ4n) is 2.11. The van der Waals surface area contributed by atoms with Crippen LogP contribution in [-0.2, 0) is 16.1 Å². The lowest BCUT2D eigenvalue weighted by Crippen LogP contribution is -2.36. The van der Waals surface area contributed by atoms with Crippen molar-refractivity contribution < 1.29 is 19.1 Å². The quantitative estimate of drug-likeness (QED) is 0.832. The van der Waals surface area contributed by atoms with Crippen LogP contribution in [0.3, 0.4) is 0 Å². The van der Waals surface area contributed by atoms with Gasteiger partial charge >= 0.3 is 6.09 Å². The normalized spacial score (nSPS) is 11.0. The van der Waals surface area contributed by atoms with E-state index in [1.807, 2.05) is 6.07 Å². The summed E-state index contributed by atoms with van der Waals surface area (Å²) in [5, 5.41) is 14.4. The van der Waals surface area contributed by atoms with Gasteiger partial charge in [-0.1, -0.05) is 24.3 Å². The monoisotopic (exact) mass is 353 g/mol. The van der Waals surface area contributed by atoms with Crippen LogP contribution >= 0.6 is 0 Å². The van der Waals surface area contributed by atoms with Crippen molar-refractivity contribution >= 4 is 17.7 Å². The summed E-state index contributed by atoms with van der Waals surface area (Å²) in [6.07, 6.45) is -1.29. The molecule has 2 amide bonds. The Bertz CT molecular complexity index is 812. The van der Waals surface area contributed by atoms with E-state index in [9.17, 15) is 9.59 Å². The first-order chi connectivity index (χ1) is 12.5. The molecule has 0 aliphatic carbocycles. The van der Waals surface area contributed by atoms with Crippen molar-refractivity contribution in [1.82, 2.24) is 5.32 Å². The van der Waals surface area contributed by atoms with Gasteiger partial charge in [-0.25, -0.2) is 4.79 Å². The Morgan fingerprint density at radius 3 is 2.50 bits per heavy atom. The number of carbonyl (C=O) groups excluding carboxylic acids is 2. The van der Waals surface area contributed by atoms with E-state index in [2.05, 4.69) is 15.4 Å². The van der Waals surface area contributed by atoms with Crippen LogP contribution in [0.25, 0.3) is 0 Å². The molecule has 0 aromatic heterocycles. The van der Waals surface area contributed by atoms with Crippen LogP contribution in [0.1, 0.15) is 18.1 Å². The number of nitriles is 1. The summed E-state index contributed by atoms with van der Waals surface area (Å²) in [6.45, 7) is 1.93.